The van der Waals surface area contributed by atoms with Crippen molar-refractivity contribution in [2.45, 2.75) is 19.4 Å². The van der Waals surface area contributed by atoms with Crippen molar-refractivity contribution in [2.75, 3.05) is 18.1 Å². The summed E-state index contributed by atoms with van der Waals surface area (Å²) in [6.45, 7) is 3.29. The number of hydrogen-bond donors (Lipinski definition) is 1. The van der Waals surface area contributed by atoms with E-state index in [2.05, 4.69) is 37.7 Å². The van der Waals surface area contributed by atoms with Gasteiger partial charge >= 0.3 is 0 Å². The number of aliphatic hydroxyl groups excluding tert-OH is 1. The van der Waals surface area contributed by atoms with E-state index in [4.69, 9.17) is 0 Å². The zero-order valence-electron chi connectivity index (χ0n) is 8.60. The highest BCUT2D eigenvalue weighted by Gasteiger charge is 2.31. The molecule has 0 amide bonds. The molecule has 1 N–H and O–H groups in total. The molecule has 1 fully saturated rings. The molecule has 4 nitrogen and oxygen atoms in total. The molecule has 0 aliphatic carbocycles. The van der Waals surface area contributed by atoms with E-state index in [1.54, 1.807) is 12.4 Å². The van der Waals surface area contributed by atoms with Crippen molar-refractivity contribution < 1.29 is 5.11 Å². The molecule has 0 spiro atoms. The maximum absolute atomic E-state index is 9.32. The highest BCUT2D eigenvalue weighted by Crippen LogP contribution is 2.27. The van der Waals surface area contributed by atoms with Crippen LogP contribution in [-0.4, -0.2) is 34.3 Å². The van der Waals surface area contributed by atoms with Gasteiger partial charge in [-0.05, 0) is 28.3 Å². The van der Waals surface area contributed by atoms with Crippen LogP contribution in [0.1, 0.15) is 13.3 Å². The molecule has 0 aromatic carbocycles. The molecule has 1 aromatic heterocycles. The van der Waals surface area contributed by atoms with Crippen LogP contribution in [0.4, 0.5) is 5.82 Å². The summed E-state index contributed by atoms with van der Waals surface area (Å²) in [5, 5.41) is 9.32. The van der Waals surface area contributed by atoms with Crippen molar-refractivity contribution in [2.24, 2.45) is 5.92 Å². The second-order valence-corrected chi connectivity index (χ2v) is 4.72. The first-order chi connectivity index (χ1) is 7.22. The molecule has 0 bridgehead atoms. The van der Waals surface area contributed by atoms with Crippen LogP contribution in [0.3, 0.4) is 0 Å². The second-order valence-electron chi connectivity index (χ2n) is 3.91. The third-order valence-corrected chi connectivity index (χ3v) is 3.38. The maximum atomic E-state index is 9.32. The van der Waals surface area contributed by atoms with Crippen LogP contribution in [0.15, 0.2) is 17.0 Å². The van der Waals surface area contributed by atoms with Gasteiger partial charge in [0.25, 0.3) is 0 Å². The lowest BCUT2D eigenvalue weighted by Gasteiger charge is -2.25. The Labute approximate surface area is 97.5 Å². The Balaban J connectivity index is 2.20. The van der Waals surface area contributed by atoms with E-state index in [-0.39, 0.29) is 12.6 Å². The van der Waals surface area contributed by atoms with Gasteiger partial charge < -0.3 is 10.0 Å². The Morgan fingerprint density at radius 3 is 2.93 bits per heavy atom. The van der Waals surface area contributed by atoms with Gasteiger partial charge in [0.05, 0.1) is 25.0 Å². The van der Waals surface area contributed by atoms with Gasteiger partial charge in [-0.15, -0.1) is 0 Å². The standard InChI is InChI=1S/C10H14BrN3O/c1-7-2-3-14(8(7)6-15)10-5-12-9(11)4-13-10/h4-5,7-8,15H,2-3,6H2,1H3. The molecule has 1 aliphatic heterocycles. The lowest BCUT2D eigenvalue weighted by molar-refractivity contribution is 0.244. The van der Waals surface area contributed by atoms with E-state index < -0.39 is 0 Å². The van der Waals surface area contributed by atoms with Crippen molar-refractivity contribution in [1.82, 2.24) is 9.97 Å². The molecule has 2 atom stereocenters. The number of halogens is 1. The number of nitrogens with zero attached hydrogens (tertiary/aromatic N) is 3. The summed E-state index contributed by atoms with van der Waals surface area (Å²) in [6, 6.07) is 0.181. The zero-order chi connectivity index (χ0) is 10.8. The normalized spacial score (nSPS) is 25.9. The number of aromatic nitrogens is 2. The largest absolute Gasteiger partial charge is 0.394 e. The SMILES string of the molecule is CC1CCN(c2cnc(Br)cn2)C1CO. The van der Waals surface area contributed by atoms with E-state index in [9.17, 15) is 5.11 Å². The molecule has 15 heavy (non-hydrogen) atoms. The van der Waals surface area contributed by atoms with Crippen LogP contribution >= 0.6 is 15.9 Å². The predicted molar refractivity (Wildman–Crippen MR) is 61.7 cm³/mol. The number of rotatable bonds is 2. The van der Waals surface area contributed by atoms with Gasteiger partial charge in [0, 0.05) is 6.54 Å². The molecular formula is C10H14BrN3O. The van der Waals surface area contributed by atoms with Gasteiger partial charge in [-0.25, -0.2) is 9.97 Å². The van der Waals surface area contributed by atoms with Crippen molar-refractivity contribution in [3.63, 3.8) is 0 Å². The summed E-state index contributed by atoms with van der Waals surface area (Å²) in [7, 11) is 0. The van der Waals surface area contributed by atoms with Crippen LogP contribution in [-0.2, 0) is 0 Å². The van der Waals surface area contributed by atoms with Crippen LogP contribution in [0.2, 0.25) is 0 Å². The van der Waals surface area contributed by atoms with Crippen LogP contribution < -0.4 is 4.90 Å². The summed E-state index contributed by atoms with van der Waals surface area (Å²) in [5.74, 6) is 1.36. The van der Waals surface area contributed by atoms with Gasteiger partial charge in [-0.2, -0.15) is 0 Å². The topological polar surface area (TPSA) is 49.2 Å². The minimum absolute atomic E-state index is 0.179. The van der Waals surface area contributed by atoms with Crippen LogP contribution in [0.25, 0.3) is 0 Å². The number of hydrogen-bond acceptors (Lipinski definition) is 4. The summed E-state index contributed by atoms with van der Waals surface area (Å²) in [6.07, 6.45) is 4.53. The molecular weight excluding hydrogens is 258 g/mol. The lowest BCUT2D eigenvalue weighted by atomic mass is 10.0. The molecule has 5 heteroatoms. The fourth-order valence-electron chi connectivity index (χ4n) is 2.02. The van der Waals surface area contributed by atoms with Crippen LogP contribution in [0, 0.1) is 5.92 Å². The first-order valence-corrected chi connectivity index (χ1v) is 5.86. The van der Waals surface area contributed by atoms with E-state index in [1.165, 1.54) is 0 Å². The van der Waals surface area contributed by atoms with E-state index in [0.29, 0.717) is 5.92 Å². The quantitative estimate of drug-likeness (QED) is 0.885. The van der Waals surface area contributed by atoms with Gasteiger partial charge in [0.2, 0.25) is 0 Å². The van der Waals surface area contributed by atoms with Gasteiger partial charge in [-0.3, -0.25) is 0 Å². The molecule has 1 aromatic rings. The third kappa shape index (κ3) is 2.13. The van der Waals surface area contributed by atoms with E-state index in [0.717, 1.165) is 23.4 Å². The Kier molecular flexibility index (Phi) is 3.21. The summed E-state index contributed by atoms with van der Waals surface area (Å²) < 4.78 is 0.735. The number of aliphatic hydroxyl groups is 1. The van der Waals surface area contributed by atoms with Crippen molar-refractivity contribution in [1.29, 1.82) is 0 Å². The van der Waals surface area contributed by atoms with Crippen LogP contribution in [0.5, 0.6) is 0 Å². The zero-order valence-corrected chi connectivity index (χ0v) is 10.2. The average Bonchev–Trinajstić information content (AvgIpc) is 2.61. The Morgan fingerprint density at radius 1 is 1.53 bits per heavy atom. The third-order valence-electron chi connectivity index (χ3n) is 2.97. The highest BCUT2D eigenvalue weighted by molar-refractivity contribution is 9.10. The maximum Gasteiger partial charge on any atom is 0.147 e. The van der Waals surface area contributed by atoms with Gasteiger partial charge in [0.1, 0.15) is 10.4 Å². The fraction of sp³-hybridized carbons (Fsp3) is 0.600. The molecule has 2 heterocycles. The molecule has 0 radical (unpaired) electrons. The van der Waals surface area contributed by atoms with Gasteiger partial charge in [-0.1, -0.05) is 6.92 Å². The fourth-order valence-corrected chi connectivity index (χ4v) is 2.23. The van der Waals surface area contributed by atoms with Gasteiger partial charge in [0.15, 0.2) is 0 Å². The van der Waals surface area contributed by atoms with Crippen molar-refractivity contribution >= 4 is 21.7 Å². The van der Waals surface area contributed by atoms with E-state index >= 15 is 0 Å². The molecule has 82 valence electrons. The number of anilines is 1. The Morgan fingerprint density at radius 2 is 2.33 bits per heavy atom. The molecule has 2 rings (SSSR count). The summed E-state index contributed by atoms with van der Waals surface area (Å²) >= 11 is 3.26. The highest BCUT2D eigenvalue weighted by atomic mass is 79.9. The van der Waals surface area contributed by atoms with E-state index in [1.807, 2.05) is 0 Å². The average molecular weight is 272 g/mol. The first kappa shape index (κ1) is 10.8. The molecule has 2 unspecified atom stereocenters. The summed E-state index contributed by atoms with van der Waals surface area (Å²) in [5.41, 5.74) is 0. The first-order valence-electron chi connectivity index (χ1n) is 5.07. The predicted octanol–water partition coefficient (Wildman–Crippen LogP) is 1.45. The van der Waals surface area contributed by atoms with Crippen molar-refractivity contribution in [3.05, 3.63) is 17.0 Å². The Hall–Kier alpha value is -0.680. The molecule has 1 saturated heterocycles. The monoisotopic (exact) mass is 271 g/mol. The Bertz CT molecular complexity index is 330. The molecule has 0 saturated carbocycles. The van der Waals surface area contributed by atoms with Crippen molar-refractivity contribution in [3.8, 4) is 0 Å². The minimum atomic E-state index is 0.179. The second kappa shape index (κ2) is 4.45. The smallest absolute Gasteiger partial charge is 0.147 e. The lowest BCUT2D eigenvalue weighted by Crippen LogP contribution is -2.35. The summed E-state index contributed by atoms with van der Waals surface area (Å²) in [4.78, 5) is 10.6. The molecule has 1 aliphatic rings. The minimum Gasteiger partial charge on any atom is -0.394 e.